The summed E-state index contributed by atoms with van der Waals surface area (Å²) in [5.74, 6) is 1.60. The molecule has 0 atom stereocenters. The number of amides is 2. The third-order valence-electron chi connectivity index (χ3n) is 5.09. The molecule has 0 saturated carbocycles. The Kier molecular flexibility index (Phi) is 8.53. The average molecular weight is 484 g/mol. The summed E-state index contributed by atoms with van der Waals surface area (Å²) in [4.78, 5) is 24.7. The second-order valence-corrected chi connectivity index (χ2v) is 8.73. The molecule has 2 N–H and O–H groups in total. The molecule has 9 nitrogen and oxygen atoms in total. The molecule has 0 spiro atoms. The molecular weight excluding hydrogens is 454 g/mol. The van der Waals surface area contributed by atoms with Gasteiger partial charge in [-0.3, -0.25) is 9.59 Å². The van der Waals surface area contributed by atoms with Crippen LogP contribution in [0.3, 0.4) is 0 Å². The minimum atomic E-state index is -0.258. The summed E-state index contributed by atoms with van der Waals surface area (Å²) in [7, 11) is 3.35. The maximum atomic E-state index is 12.4. The minimum Gasteiger partial charge on any atom is -0.495 e. The quantitative estimate of drug-likeness (QED) is 0.427. The zero-order valence-corrected chi connectivity index (χ0v) is 20.8. The average Bonchev–Trinajstić information content (AvgIpc) is 3.15. The van der Waals surface area contributed by atoms with Crippen LogP contribution in [0.25, 0.3) is 0 Å². The van der Waals surface area contributed by atoms with Crippen molar-refractivity contribution in [3.63, 3.8) is 0 Å². The molecule has 34 heavy (non-hydrogen) atoms. The lowest BCUT2D eigenvalue weighted by Gasteiger charge is -2.12. The van der Waals surface area contributed by atoms with Gasteiger partial charge in [-0.1, -0.05) is 36.0 Å². The molecule has 0 aliphatic rings. The number of thioether (sulfide) groups is 1. The first-order valence-corrected chi connectivity index (χ1v) is 11.7. The molecule has 0 fully saturated rings. The molecule has 3 rings (SSSR count). The minimum absolute atomic E-state index is 0.0895. The van der Waals surface area contributed by atoms with Gasteiger partial charge in [-0.05, 0) is 49.6 Å². The SMILES string of the molecule is COc1ccc(C)cc1NC(=O)CSc1nnc(CNC(=O)COc2c(C)cccc2C)n1C. The molecule has 0 saturated heterocycles. The molecule has 0 radical (unpaired) electrons. The van der Waals surface area contributed by atoms with Gasteiger partial charge in [-0.25, -0.2) is 0 Å². The first-order valence-electron chi connectivity index (χ1n) is 10.7. The Morgan fingerprint density at radius 2 is 1.79 bits per heavy atom. The predicted octanol–water partition coefficient (Wildman–Crippen LogP) is 3.17. The Morgan fingerprint density at radius 1 is 1.06 bits per heavy atom. The molecule has 180 valence electrons. The zero-order chi connectivity index (χ0) is 24.7. The molecule has 10 heteroatoms. The number of nitrogens with zero attached hydrogens (tertiary/aromatic N) is 3. The molecule has 1 aromatic heterocycles. The van der Waals surface area contributed by atoms with Crippen molar-refractivity contribution in [3.8, 4) is 11.5 Å². The number of hydrogen-bond donors (Lipinski definition) is 2. The summed E-state index contributed by atoms with van der Waals surface area (Å²) >= 11 is 1.26. The van der Waals surface area contributed by atoms with E-state index in [1.807, 2.05) is 57.2 Å². The first-order chi connectivity index (χ1) is 16.3. The van der Waals surface area contributed by atoms with E-state index in [1.165, 1.54) is 11.8 Å². The molecule has 0 aliphatic carbocycles. The highest BCUT2D eigenvalue weighted by atomic mass is 32.2. The Labute approximate surface area is 203 Å². The second-order valence-electron chi connectivity index (χ2n) is 7.78. The standard InChI is InChI=1S/C24H29N5O4S/c1-15-9-10-19(32-5)18(11-15)26-22(31)14-34-24-28-27-20(29(24)4)12-25-21(30)13-33-23-16(2)7-6-8-17(23)3/h6-11H,12-14H2,1-5H3,(H,25,30)(H,26,31). The molecule has 2 aromatic carbocycles. The van der Waals surface area contributed by atoms with Gasteiger partial charge in [0.2, 0.25) is 5.91 Å². The van der Waals surface area contributed by atoms with Crippen LogP contribution < -0.4 is 20.1 Å². The highest BCUT2D eigenvalue weighted by molar-refractivity contribution is 7.99. The van der Waals surface area contributed by atoms with E-state index in [-0.39, 0.29) is 30.7 Å². The summed E-state index contributed by atoms with van der Waals surface area (Å²) in [5.41, 5.74) is 3.60. The smallest absolute Gasteiger partial charge is 0.258 e. The number of nitrogens with one attached hydrogen (secondary N) is 2. The Balaban J connectivity index is 1.48. The maximum Gasteiger partial charge on any atom is 0.258 e. The first kappa shape index (κ1) is 25.1. The van der Waals surface area contributed by atoms with Crippen molar-refractivity contribution >= 4 is 29.3 Å². The van der Waals surface area contributed by atoms with E-state index in [9.17, 15) is 9.59 Å². The number of carbonyl (C=O) groups is 2. The monoisotopic (exact) mass is 483 g/mol. The van der Waals surface area contributed by atoms with E-state index in [2.05, 4.69) is 20.8 Å². The van der Waals surface area contributed by atoms with Crippen LogP contribution in [-0.4, -0.2) is 46.0 Å². The van der Waals surface area contributed by atoms with Crippen LogP contribution in [0.1, 0.15) is 22.5 Å². The number of aryl methyl sites for hydroxylation is 3. The van der Waals surface area contributed by atoms with Gasteiger partial charge in [-0.15, -0.1) is 10.2 Å². The van der Waals surface area contributed by atoms with E-state index >= 15 is 0 Å². The van der Waals surface area contributed by atoms with E-state index in [0.29, 0.717) is 22.4 Å². The van der Waals surface area contributed by atoms with Crippen molar-refractivity contribution in [2.75, 3.05) is 24.8 Å². The number of para-hydroxylation sites is 1. The van der Waals surface area contributed by atoms with E-state index in [4.69, 9.17) is 9.47 Å². The van der Waals surface area contributed by atoms with Crippen molar-refractivity contribution in [1.29, 1.82) is 0 Å². The molecule has 0 aliphatic heterocycles. The summed E-state index contributed by atoms with van der Waals surface area (Å²) in [5, 5.41) is 14.5. The molecule has 3 aromatic rings. The topological polar surface area (TPSA) is 107 Å². The predicted molar refractivity (Wildman–Crippen MR) is 131 cm³/mol. The highest BCUT2D eigenvalue weighted by Gasteiger charge is 2.14. The lowest BCUT2D eigenvalue weighted by atomic mass is 10.1. The molecule has 0 unspecified atom stereocenters. The van der Waals surface area contributed by atoms with Crippen LogP contribution >= 0.6 is 11.8 Å². The summed E-state index contributed by atoms with van der Waals surface area (Å²) < 4.78 is 12.7. The number of hydrogen-bond acceptors (Lipinski definition) is 7. The fraction of sp³-hybridized carbons (Fsp3) is 0.333. The maximum absolute atomic E-state index is 12.4. The Bertz CT molecular complexity index is 1160. The number of benzene rings is 2. The molecule has 1 heterocycles. The van der Waals surface area contributed by atoms with Crippen molar-refractivity contribution in [3.05, 3.63) is 58.9 Å². The lowest BCUT2D eigenvalue weighted by Crippen LogP contribution is -2.29. The third kappa shape index (κ3) is 6.50. The fourth-order valence-corrected chi connectivity index (χ4v) is 3.98. The van der Waals surface area contributed by atoms with Crippen LogP contribution in [0.15, 0.2) is 41.6 Å². The summed E-state index contributed by atoms with van der Waals surface area (Å²) in [6.07, 6.45) is 0. The number of methoxy groups -OCH3 is 1. The van der Waals surface area contributed by atoms with Gasteiger partial charge in [0.1, 0.15) is 11.5 Å². The van der Waals surface area contributed by atoms with Gasteiger partial charge >= 0.3 is 0 Å². The molecular formula is C24H29N5O4S. The molecule has 2 amide bonds. The number of ether oxygens (including phenoxy) is 2. The van der Waals surface area contributed by atoms with Gasteiger partial charge in [0, 0.05) is 7.05 Å². The van der Waals surface area contributed by atoms with Crippen LogP contribution in [0.4, 0.5) is 5.69 Å². The van der Waals surface area contributed by atoms with Crippen LogP contribution in [0.2, 0.25) is 0 Å². The van der Waals surface area contributed by atoms with Crippen LogP contribution in [0.5, 0.6) is 11.5 Å². The van der Waals surface area contributed by atoms with Gasteiger partial charge in [-0.2, -0.15) is 0 Å². The van der Waals surface area contributed by atoms with Crippen molar-refractivity contribution in [1.82, 2.24) is 20.1 Å². The van der Waals surface area contributed by atoms with Gasteiger partial charge in [0.15, 0.2) is 17.6 Å². The lowest BCUT2D eigenvalue weighted by molar-refractivity contribution is -0.123. The van der Waals surface area contributed by atoms with Gasteiger partial charge in [0.25, 0.3) is 5.91 Å². The number of anilines is 1. The van der Waals surface area contributed by atoms with Crippen LogP contribution in [-0.2, 0) is 23.2 Å². The highest BCUT2D eigenvalue weighted by Crippen LogP contribution is 2.26. The van der Waals surface area contributed by atoms with Gasteiger partial charge in [0.05, 0.1) is 25.1 Å². The number of rotatable bonds is 10. The normalized spacial score (nSPS) is 10.6. The van der Waals surface area contributed by atoms with E-state index in [1.54, 1.807) is 18.7 Å². The largest absolute Gasteiger partial charge is 0.495 e. The van der Waals surface area contributed by atoms with Crippen molar-refractivity contribution in [2.24, 2.45) is 7.05 Å². The van der Waals surface area contributed by atoms with E-state index in [0.717, 1.165) is 22.4 Å². The Morgan fingerprint density at radius 3 is 2.50 bits per heavy atom. The number of aromatic nitrogens is 3. The fourth-order valence-electron chi connectivity index (χ4n) is 3.25. The Hall–Kier alpha value is -3.53. The van der Waals surface area contributed by atoms with E-state index < -0.39 is 0 Å². The van der Waals surface area contributed by atoms with Gasteiger partial charge < -0.3 is 24.7 Å². The second kappa shape index (κ2) is 11.6. The number of carbonyl (C=O) groups excluding carboxylic acids is 2. The third-order valence-corrected chi connectivity index (χ3v) is 6.11. The molecule has 0 bridgehead atoms. The van der Waals surface area contributed by atoms with Crippen LogP contribution in [0, 0.1) is 20.8 Å². The zero-order valence-electron chi connectivity index (χ0n) is 20.0. The summed E-state index contributed by atoms with van der Waals surface area (Å²) in [6, 6.07) is 11.4. The summed E-state index contributed by atoms with van der Waals surface area (Å²) in [6.45, 7) is 5.94. The van der Waals surface area contributed by atoms with Crippen molar-refractivity contribution < 1.29 is 19.1 Å². The van der Waals surface area contributed by atoms with Crippen molar-refractivity contribution in [2.45, 2.75) is 32.5 Å².